The molecule has 1 heterocycles. The van der Waals surface area contributed by atoms with Crippen molar-refractivity contribution in [2.75, 3.05) is 19.8 Å². The van der Waals surface area contributed by atoms with Crippen LogP contribution in [0.4, 0.5) is 0 Å². The highest BCUT2D eigenvalue weighted by Gasteiger charge is 2.37. The van der Waals surface area contributed by atoms with Gasteiger partial charge in [0, 0.05) is 18.4 Å². The summed E-state index contributed by atoms with van der Waals surface area (Å²) < 4.78 is 11.4. The average Bonchev–Trinajstić information content (AvgIpc) is 2.84. The van der Waals surface area contributed by atoms with Crippen molar-refractivity contribution in [2.45, 2.75) is 44.2 Å². The quantitative estimate of drug-likeness (QED) is 0.137. The topological polar surface area (TPSA) is 151 Å². The van der Waals surface area contributed by atoms with Crippen LogP contribution in [0.15, 0.2) is 42.5 Å². The number of ether oxygens (including phenoxy) is 2. The number of hydroxylamine groups is 1. The average molecular weight is 512 g/mol. The number of amides is 1. The van der Waals surface area contributed by atoms with Crippen molar-refractivity contribution >= 4 is 17.5 Å². The third-order valence-corrected chi connectivity index (χ3v) is 5.72. The molecule has 1 amide bonds. The van der Waals surface area contributed by atoms with Crippen molar-refractivity contribution in [3.63, 3.8) is 0 Å². The molecule has 0 saturated carbocycles. The molecule has 12 heteroatoms. The molecule has 0 aromatic heterocycles. The van der Waals surface area contributed by atoms with Crippen LogP contribution in [-0.2, 0) is 25.9 Å². The van der Waals surface area contributed by atoms with Gasteiger partial charge in [0.25, 0.3) is 0 Å². The molecule has 3 rings (SSSR count). The van der Waals surface area contributed by atoms with Gasteiger partial charge in [0.15, 0.2) is 0 Å². The Hall–Kier alpha value is -2.32. The van der Waals surface area contributed by atoms with Gasteiger partial charge in [-0.1, -0.05) is 41.5 Å². The van der Waals surface area contributed by atoms with Crippen LogP contribution in [0, 0.1) is 0 Å². The summed E-state index contributed by atoms with van der Waals surface area (Å²) in [7, 11) is 0. The van der Waals surface area contributed by atoms with Gasteiger partial charge >= 0.3 is 0 Å². The van der Waals surface area contributed by atoms with E-state index >= 15 is 0 Å². The number of hydrogen-bond acceptors (Lipinski definition) is 10. The van der Waals surface area contributed by atoms with Gasteiger partial charge in [0.05, 0.1) is 25.4 Å². The van der Waals surface area contributed by atoms with Crippen LogP contribution in [0.1, 0.15) is 36.1 Å². The lowest BCUT2D eigenvalue weighted by Crippen LogP contribution is -2.47. The number of rotatable bonds is 12. The molecule has 0 aliphatic carbocycles. The van der Waals surface area contributed by atoms with Gasteiger partial charge in [0.1, 0.15) is 24.6 Å². The molecule has 2 aromatic rings. The third kappa shape index (κ3) is 8.39. The minimum Gasteiger partial charge on any atom is -0.492 e. The molecule has 4 atom stereocenters. The van der Waals surface area contributed by atoms with Crippen LogP contribution in [0.3, 0.4) is 0 Å². The summed E-state index contributed by atoms with van der Waals surface area (Å²) in [6, 6.07) is 13.1. The monoisotopic (exact) mass is 511 g/mol. The Balaban J connectivity index is 1.49. The molecule has 6 N–H and O–H groups in total. The van der Waals surface area contributed by atoms with Crippen LogP contribution in [0.25, 0.3) is 0 Å². The lowest BCUT2D eigenvalue weighted by atomic mass is 9.92. The predicted molar refractivity (Wildman–Crippen MR) is 125 cm³/mol. The smallest absolute Gasteiger partial charge is 0.232 e. The van der Waals surface area contributed by atoms with Crippen molar-refractivity contribution < 1.29 is 39.6 Å². The SMILES string of the molecule is CC(=O)NNOONCCOc1ccc(Cc2cc(C3CC(O)[C@H](O)C(CO)O3)ccc2Cl)cc1. The number of hydrazine groups is 1. The maximum absolute atomic E-state index is 10.6. The molecule has 1 aliphatic heterocycles. The predicted octanol–water partition coefficient (Wildman–Crippen LogP) is 0.862. The molecule has 2 aromatic carbocycles. The summed E-state index contributed by atoms with van der Waals surface area (Å²) in [6.45, 7) is 1.58. The van der Waals surface area contributed by atoms with Gasteiger partial charge in [-0.2, -0.15) is 5.48 Å². The number of nitrogens with one attached hydrogen (secondary N) is 3. The fourth-order valence-electron chi connectivity index (χ4n) is 3.57. The molecule has 1 saturated heterocycles. The lowest BCUT2D eigenvalue weighted by molar-refractivity contribution is -0.380. The van der Waals surface area contributed by atoms with Gasteiger partial charge < -0.3 is 24.8 Å². The van der Waals surface area contributed by atoms with Gasteiger partial charge in [0.2, 0.25) is 5.91 Å². The number of aliphatic hydroxyl groups excluding tert-OH is 3. The van der Waals surface area contributed by atoms with Crippen LogP contribution in [-0.4, -0.2) is 59.3 Å². The second-order valence-electron chi connectivity index (χ2n) is 8.00. The molecule has 0 spiro atoms. The number of benzene rings is 2. The maximum atomic E-state index is 10.6. The summed E-state index contributed by atoms with van der Waals surface area (Å²) >= 11 is 6.42. The fourth-order valence-corrected chi connectivity index (χ4v) is 3.75. The zero-order valence-corrected chi connectivity index (χ0v) is 19.9. The molecule has 192 valence electrons. The highest BCUT2D eigenvalue weighted by Crippen LogP contribution is 2.34. The number of carbonyl (C=O) groups is 1. The molecule has 1 aliphatic rings. The molecular weight excluding hydrogens is 482 g/mol. The lowest BCUT2D eigenvalue weighted by Gasteiger charge is -2.36. The summed E-state index contributed by atoms with van der Waals surface area (Å²) in [5, 5.41) is 30.1. The van der Waals surface area contributed by atoms with Gasteiger partial charge in [-0.3, -0.25) is 10.2 Å². The standard InChI is InChI=1S/C23H30ClN3O8/c1-14(29)26-27-35-34-25-8-9-32-18-5-2-15(3-6-18)10-17-11-16(4-7-19(17)24)21-12-20(30)23(31)22(13-28)33-21/h2-7,11,20-23,25,27-28,30-31H,8-10,12-13H2,1H3,(H,26,29)/t20?,21?,22?,23-/m0/s1. The van der Waals surface area contributed by atoms with Gasteiger partial charge in [-0.25, -0.2) is 0 Å². The van der Waals surface area contributed by atoms with E-state index in [2.05, 4.69) is 26.5 Å². The Morgan fingerprint density at radius 3 is 2.66 bits per heavy atom. The zero-order valence-electron chi connectivity index (χ0n) is 19.1. The fraction of sp³-hybridized carbons (Fsp3) is 0.435. The molecule has 3 unspecified atom stereocenters. The second-order valence-corrected chi connectivity index (χ2v) is 8.41. The Bertz CT molecular complexity index is 949. The van der Waals surface area contributed by atoms with E-state index in [0.717, 1.165) is 16.7 Å². The number of carbonyl (C=O) groups excluding carboxylic acids is 1. The third-order valence-electron chi connectivity index (χ3n) is 5.35. The van der Waals surface area contributed by atoms with Crippen molar-refractivity contribution in [3.8, 4) is 5.75 Å². The molecule has 35 heavy (non-hydrogen) atoms. The number of aliphatic hydroxyl groups is 3. The molecule has 0 radical (unpaired) electrons. The summed E-state index contributed by atoms with van der Waals surface area (Å²) in [6.07, 6.45) is -2.60. The molecule has 0 bridgehead atoms. The first-order valence-electron chi connectivity index (χ1n) is 11.1. The van der Waals surface area contributed by atoms with E-state index in [-0.39, 0.29) is 18.9 Å². The largest absolute Gasteiger partial charge is 0.492 e. The molecule has 1 fully saturated rings. The summed E-state index contributed by atoms with van der Waals surface area (Å²) in [5.74, 6) is 0.344. The van der Waals surface area contributed by atoms with E-state index in [1.54, 1.807) is 6.07 Å². The van der Waals surface area contributed by atoms with E-state index in [0.29, 0.717) is 30.3 Å². The molecular formula is C23H30ClN3O8. The highest BCUT2D eigenvalue weighted by molar-refractivity contribution is 6.31. The number of hydrogen-bond donors (Lipinski definition) is 6. The first kappa shape index (κ1) is 27.3. The highest BCUT2D eigenvalue weighted by atomic mass is 35.5. The first-order chi connectivity index (χ1) is 16.9. The Morgan fingerprint density at radius 2 is 1.94 bits per heavy atom. The van der Waals surface area contributed by atoms with E-state index in [4.69, 9.17) is 21.1 Å². The summed E-state index contributed by atoms with van der Waals surface area (Å²) in [5.41, 5.74) is 9.46. The van der Waals surface area contributed by atoms with Gasteiger partial charge in [-0.05, 0) is 41.3 Å². The Kier molecular flexibility index (Phi) is 10.7. The van der Waals surface area contributed by atoms with E-state index < -0.39 is 24.4 Å². The van der Waals surface area contributed by atoms with Crippen molar-refractivity contribution in [1.29, 1.82) is 0 Å². The van der Waals surface area contributed by atoms with Crippen LogP contribution < -0.4 is 21.2 Å². The second kappa shape index (κ2) is 13.7. The van der Waals surface area contributed by atoms with Crippen LogP contribution >= 0.6 is 11.6 Å². The summed E-state index contributed by atoms with van der Waals surface area (Å²) in [4.78, 5) is 19.6. The van der Waals surface area contributed by atoms with Crippen molar-refractivity contribution in [3.05, 3.63) is 64.2 Å². The van der Waals surface area contributed by atoms with E-state index in [1.165, 1.54) is 6.92 Å². The minimum absolute atomic E-state index is 0.225. The maximum Gasteiger partial charge on any atom is 0.232 e. The van der Waals surface area contributed by atoms with E-state index in [9.17, 15) is 20.1 Å². The van der Waals surface area contributed by atoms with E-state index in [1.807, 2.05) is 36.4 Å². The first-order valence-corrected chi connectivity index (χ1v) is 11.4. The normalized spacial score (nSPS) is 22.1. The number of halogens is 1. The zero-order chi connectivity index (χ0) is 25.2. The van der Waals surface area contributed by atoms with Crippen LogP contribution in [0.5, 0.6) is 5.75 Å². The Morgan fingerprint density at radius 1 is 1.17 bits per heavy atom. The van der Waals surface area contributed by atoms with Crippen LogP contribution in [0.2, 0.25) is 5.02 Å². The van der Waals surface area contributed by atoms with Crippen molar-refractivity contribution in [2.24, 2.45) is 0 Å². The minimum atomic E-state index is -1.12. The molecule has 11 nitrogen and oxygen atoms in total. The van der Waals surface area contributed by atoms with Gasteiger partial charge in [-0.15, -0.1) is 9.98 Å². The van der Waals surface area contributed by atoms with Crippen molar-refractivity contribution in [1.82, 2.24) is 16.5 Å². The Labute approximate surface area is 207 Å².